The van der Waals surface area contributed by atoms with Crippen LogP contribution >= 0.6 is 0 Å². The number of amidine groups is 1. The third kappa shape index (κ3) is 4.50. The average Bonchev–Trinajstić information content (AvgIpc) is 2.08. The molecule has 0 aliphatic carbocycles. The fourth-order valence-corrected chi connectivity index (χ4v) is 1.08. The van der Waals surface area contributed by atoms with Crippen molar-refractivity contribution in [2.24, 2.45) is 5.73 Å². The molecule has 0 aromatic carbocycles. The third-order valence-corrected chi connectivity index (χ3v) is 1.64. The maximum atomic E-state index is 10.6. The summed E-state index contributed by atoms with van der Waals surface area (Å²) in [7, 11) is 0. The summed E-state index contributed by atoms with van der Waals surface area (Å²) in [5.74, 6) is 0.360. The van der Waals surface area contributed by atoms with E-state index in [1.54, 1.807) is 0 Å². The quantitative estimate of drug-likeness (QED) is 0.599. The molecule has 1 aliphatic rings. The Morgan fingerprint density at radius 2 is 2.00 bits per heavy atom. The van der Waals surface area contributed by atoms with Gasteiger partial charge in [-0.3, -0.25) is 10.3 Å². The van der Waals surface area contributed by atoms with Crippen LogP contribution in [-0.4, -0.2) is 23.3 Å². The minimum Gasteiger partial charge on any atom is -0.351 e. The molecule has 0 saturated carbocycles. The van der Waals surface area contributed by atoms with Crippen LogP contribution < -0.4 is 5.73 Å². The first kappa shape index (κ1) is 14.5. The topological polar surface area (TPSA) is 70.2 Å². The Morgan fingerprint density at radius 1 is 1.46 bits per heavy atom. The Balaban J connectivity index is 0. The highest BCUT2D eigenvalue weighted by atomic mass is 16.2. The Labute approximate surface area is 80.6 Å². The highest BCUT2D eigenvalue weighted by Gasteiger charge is 2.18. The molecule has 4 heteroatoms. The van der Waals surface area contributed by atoms with Crippen LogP contribution in [0.1, 0.15) is 40.5 Å². The third-order valence-electron chi connectivity index (χ3n) is 1.64. The molecule has 1 heterocycles. The zero-order valence-corrected chi connectivity index (χ0v) is 7.76. The number of rotatable bonds is 0. The molecule has 78 valence electrons. The van der Waals surface area contributed by atoms with Crippen LogP contribution in [-0.2, 0) is 0 Å². The van der Waals surface area contributed by atoms with Gasteiger partial charge < -0.3 is 5.73 Å². The van der Waals surface area contributed by atoms with Gasteiger partial charge in [0.05, 0.1) is 0 Å². The lowest BCUT2D eigenvalue weighted by molar-refractivity contribution is 0.226. The molecule has 0 unspecified atom stereocenters. The number of nitrogens with one attached hydrogen (secondary N) is 1. The van der Waals surface area contributed by atoms with E-state index in [0.29, 0.717) is 18.8 Å². The summed E-state index contributed by atoms with van der Waals surface area (Å²) in [5.41, 5.74) is 5.00. The van der Waals surface area contributed by atoms with E-state index in [2.05, 4.69) is 0 Å². The van der Waals surface area contributed by atoms with E-state index in [4.69, 9.17) is 11.1 Å². The monoisotopic (exact) mass is 187 g/mol. The summed E-state index contributed by atoms with van der Waals surface area (Å²) < 4.78 is 0. The Morgan fingerprint density at radius 3 is 2.31 bits per heavy atom. The summed E-state index contributed by atoms with van der Waals surface area (Å²) >= 11 is 0. The number of nitrogens with two attached hydrogens (primary N) is 1. The highest BCUT2D eigenvalue weighted by molar-refractivity contribution is 5.95. The molecule has 1 rings (SSSR count). The van der Waals surface area contributed by atoms with Crippen LogP contribution in [0.3, 0.4) is 0 Å². The van der Waals surface area contributed by atoms with E-state index in [1.807, 2.05) is 13.8 Å². The van der Waals surface area contributed by atoms with E-state index in [0.717, 1.165) is 12.8 Å². The lowest BCUT2D eigenvalue weighted by atomic mass is 10.1. The SMILES string of the molecule is C.CC.N=C1CCCCN1C(N)=O. The molecule has 3 N–H and O–H groups in total. The molecule has 13 heavy (non-hydrogen) atoms. The van der Waals surface area contributed by atoms with Gasteiger partial charge in [-0.2, -0.15) is 0 Å². The Kier molecular flexibility index (Phi) is 8.44. The van der Waals surface area contributed by atoms with Crippen LogP contribution in [0, 0.1) is 5.41 Å². The molecular weight excluding hydrogens is 166 g/mol. The minimum atomic E-state index is -0.496. The summed E-state index contributed by atoms with van der Waals surface area (Å²) in [6.07, 6.45) is 2.65. The Bertz CT molecular complexity index is 168. The molecule has 1 aliphatic heterocycles. The predicted octanol–water partition coefficient (Wildman–Crippen LogP) is 2.19. The summed E-state index contributed by atoms with van der Waals surface area (Å²) in [4.78, 5) is 11.9. The van der Waals surface area contributed by atoms with Crippen molar-refractivity contribution in [3.05, 3.63) is 0 Å². The normalized spacial score (nSPS) is 15.2. The molecule has 0 radical (unpaired) electrons. The van der Waals surface area contributed by atoms with Crippen molar-refractivity contribution in [3.8, 4) is 0 Å². The first-order valence-corrected chi connectivity index (χ1v) is 4.36. The van der Waals surface area contributed by atoms with Crippen molar-refractivity contribution in [1.29, 1.82) is 5.41 Å². The number of nitrogens with zero attached hydrogens (tertiary/aromatic N) is 1. The van der Waals surface area contributed by atoms with Crippen molar-refractivity contribution >= 4 is 11.9 Å². The first-order valence-electron chi connectivity index (χ1n) is 4.36. The van der Waals surface area contributed by atoms with Gasteiger partial charge in [-0.25, -0.2) is 4.79 Å². The van der Waals surface area contributed by atoms with Crippen LogP contribution in [0.4, 0.5) is 4.79 Å². The summed E-state index contributed by atoms with van der Waals surface area (Å²) in [6, 6.07) is -0.496. The van der Waals surface area contributed by atoms with Crippen molar-refractivity contribution in [3.63, 3.8) is 0 Å². The predicted molar refractivity (Wildman–Crippen MR) is 55.9 cm³/mol. The molecule has 2 amide bonds. The van der Waals surface area contributed by atoms with Gasteiger partial charge in [0, 0.05) is 13.0 Å². The van der Waals surface area contributed by atoms with Crippen molar-refractivity contribution in [1.82, 2.24) is 4.90 Å². The summed E-state index contributed by atoms with van der Waals surface area (Å²) in [5, 5.41) is 7.30. The smallest absolute Gasteiger partial charge is 0.320 e. The van der Waals surface area contributed by atoms with Gasteiger partial charge in [0.2, 0.25) is 0 Å². The van der Waals surface area contributed by atoms with Gasteiger partial charge in [-0.15, -0.1) is 0 Å². The maximum Gasteiger partial charge on any atom is 0.320 e. The van der Waals surface area contributed by atoms with Gasteiger partial charge >= 0.3 is 6.03 Å². The molecule has 1 saturated heterocycles. The standard InChI is InChI=1S/C6H11N3O.C2H6.CH4/c7-5-3-1-2-4-9(5)6(8)10;1-2;/h7H,1-4H2,(H2,8,10);1-2H3;1H4. The number of primary amides is 1. The van der Waals surface area contributed by atoms with Gasteiger partial charge in [-0.1, -0.05) is 21.3 Å². The molecule has 0 atom stereocenters. The van der Waals surface area contributed by atoms with Gasteiger partial charge in [0.15, 0.2) is 0 Å². The maximum absolute atomic E-state index is 10.6. The zero-order chi connectivity index (χ0) is 9.56. The zero-order valence-electron chi connectivity index (χ0n) is 7.76. The van der Waals surface area contributed by atoms with Crippen LogP contribution in [0.2, 0.25) is 0 Å². The number of likely N-dealkylation sites (tertiary alicyclic amines) is 1. The van der Waals surface area contributed by atoms with E-state index in [9.17, 15) is 4.79 Å². The lowest BCUT2D eigenvalue weighted by Gasteiger charge is -2.24. The number of hydrogen-bond donors (Lipinski definition) is 2. The van der Waals surface area contributed by atoms with Crippen molar-refractivity contribution < 1.29 is 4.79 Å². The van der Waals surface area contributed by atoms with Gasteiger partial charge in [0.25, 0.3) is 0 Å². The number of carbonyl (C=O) groups is 1. The second kappa shape index (κ2) is 7.58. The second-order valence-corrected chi connectivity index (χ2v) is 2.39. The largest absolute Gasteiger partial charge is 0.351 e. The van der Waals surface area contributed by atoms with Crippen molar-refractivity contribution in [2.45, 2.75) is 40.5 Å². The lowest BCUT2D eigenvalue weighted by Crippen LogP contribution is -2.43. The van der Waals surface area contributed by atoms with E-state index < -0.39 is 6.03 Å². The van der Waals surface area contributed by atoms with Crippen molar-refractivity contribution in [2.75, 3.05) is 6.54 Å². The minimum absolute atomic E-state index is 0. The van der Waals surface area contributed by atoms with Crippen LogP contribution in [0.15, 0.2) is 0 Å². The van der Waals surface area contributed by atoms with Gasteiger partial charge in [0.1, 0.15) is 5.84 Å². The molecule has 0 spiro atoms. The number of hydrogen-bond acceptors (Lipinski definition) is 2. The fourth-order valence-electron chi connectivity index (χ4n) is 1.08. The average molecular weight is 187 g/mol. The van der Waals surface area contributed by atoms with E-state index in [1.165, 1.54) is 4.90 Å². The van der Waals surface area contributed by atoms with Crippen LogP contribution in [0.25, 0.3) is 0 Å². The molecular formula is C9H21N3O. The Hall–Kier alpha value is -1.06. The first-order chi connectivity index (χ1) is 5.72. The highest BCUT2D eigenvalue weighted by Crippen LogP contribution is 2.09. The van der Waals surface area contributed by atoms with Gasteiger partial charge in [-0.05, 0) is 12.8 Å². The molecule has 0 bridgehead atoms. The summed E-state index contributed by atoms with van der Waals surface area (Å²) in [6.45, 7) is 4.62. The number of amides is 2. The number of carbonyl (C=O) groups excluding carboxylic acids is 1. The van der Waals surface area contributed by atoms with E-state index in [-0.39, 0.29) is 7.43 Å². The number of piperidine rings is 1. The van der Waals surface area contributed by atoms with Crippen LogP contribution in [0.5, 0.6) is 0 Å². The molecule has 0 aromatic heterocycles. The second-order valence-electron chi connectivity index (χ2n) is 2.39. The fraction of sp³-hybridized carbons (Fsp3) is 0.778. The molecule has 1 fully saturated rings. The number of urea groups is 1. The van der Waals surface area contributed by atoms with E-state index >= 15 is 0 Å². The molecule has 4 nitrogen and oxygen atoms in total. The molecule has 0 aromatic rings.